The molecular weight excluding hydrogens is 210 g/mol. The standard InChI is InChI=1S/C14H17N3/c1-17(14-5-3-2-4-6-14)11-13-8-7-12(9-15)10-16-13/h2-8,10H,9,11,15H2,1H3. The van der Waals surface area contributed by atoms with E-state index in [2.05, 4.69) is 29.1 Å². The van der Waals surface area contributed by atoms with Crippen molar-refractivity contribution in [1.82, 2.24) is 4.98 Å². The van der Waals surface area contributed by atoms with Gasteiger partial charge >= 0.3 is 0 Å². The predicted octanol–water partition coefficient (Wildman–Crippen LogP) is 2.18. The van der Waals surface area contributed by atoms with E-state index in [1.54, 1.807) is 0 Å². The van der Waals surface area contributed by atoms with Crippen LogP contribution in [0.15, 0.2) is 48.7 Å². The van der Waals surface area contributed by atoms with Crippen molar-refractivity contribution in [1.29, 1.82) is 0 Å². The summed E-state index contributed by atoms with van der Waals surface area (Å²) in [7, 11) is 2.06. The van der Waals surface area contributed by atoms with E-state index in [0.29, 0.717) is 6.54 Å². The van der Waals surface area contributed by atoms with E-state index in [9.17, 15) is 0 Å². The van der Waals surface area contributed by atoms with Gasteiger partial charge in [0.2, 0.25) is 0 Å². The monoisotopic (exact) mass is 227 g/mol. The molecule has 0 amide bonds. The van der Waals surface area contributed by atoms with Gasteiger partial charge in [-0.05, 0) is 23.8 Å². The van der Waals surface area contributed by atoms with E-state index in [1.165, 1.54) is 5.69 Å². The molecule has 0 bridgehead atoms. The molecule has 3 heteroatoms. The van der Waals surface area contributed by atoms with Gasteiger partial charge in [-0.15, -0.1) is 0 Å². The fourth-order valence-corrected chi connectivity index (χ4v) is 1.69. The van der Waals surface area contributed by atoms with Gasteiger partial charge in [-0.2, -0.15) is 0 Å². The number of para-hydroxylation sites is 1. The maximum Gasteiger partial charge on any atom is 0.0598 e. The fourth-order valence-electron chi connectivity index (χ4n) is 1.69. The number of hydrogen-bond donors (Lipinski definition) is 1. The Labute approximate surface area is 102 Å². The molecule has 88 valence electrons. The number of pyridine rings is 1. The molecule has 1 heterocycles. The van der Waals surface area contributed by atoms with Gasteiger partial charge in [0, 0.05) is 25.5 Å². The van der Waals surface area contributed by atoms with Crippen molar-refractivity contribution in [2.24, 2.45) is 5.73 Å². The van der Waals surface area contributed by atoms with Gasteiger partial charge in [0.25, 0.3) is 0 Å². The lowest BCUT2D eigenvalue weighted by atomic mass is 10.2. The Morgan fingerprint density at radius 1 is 1.12 bits per heavy atom. The van der Waals surface area contributed by atoms with Crippen molar-refractivity contribution in [3.63, 3.8) is 0 Å². The van der Waals surface area contributed by atoms with Gasteiger partial charge in [0.1, 0.15) is 0 Å². The first-order valence-corrected chi connectivity index (χ1v) is 5.69. The Kier molecular flexibility index (Phi) is 3.73. The fraction of sp³-hybridized carbons (Fsp3) is 0.214. The van der Waals surface area contributed by atoms with E-state index in [4.69, 9.17) is 5.73 Å². The summed E-state index contributed by atoms with van der Waals surface area (Å²) in [6.45, 7) is 1.34. The lowest BCUT2D eigenvalue weighted by molar-refractivity contribution is 0.878. The van der Waals surface area contributed by atoms with E-state index in [0.717, 1.165) is 17.8 Å². The van der Waals surface area contributed by atoms with Crippen LogP contribution in [0.4, 0.5) is 5.69 Å². The highest BCUT2D eigenvalue weighted by atomic mass is 15.1. The molecule has 17 heavy (non-hydrogen) atoms. The van der Waals surface area contributed by atoms with Gasteiger partial charge in [0.15, 0.2) is 0 Å². The average molecular weight is 227 g/mol. The second-order valence-corrected chi connectivity index (χ2v) is 4.05. The Balaban J connectivity index is 2.05. The van der Waals surface area contributed by atoms with Crippen LogP contribution in [-0.4, -0.2) is 12.0 Å². The van der Waals surface area contributed by atoms with Crippen molar-refractivity contribution in [2.45, 2.75) is 13.1 Å². The molecule has 0 unspecified atom stereocenters. The van der Waals surface area contributed by atoms with Crippen molar-refractivity contribution < 1.29 is 0 Å². The number of rotatable bonds is 4. The zero-order chi connectivity index (χ0) is 12.1. The molecule has 0 aliphatic heterocycles. The molecule has 1 aromatic carbocycles. The van der Waals surface area contributed by atoms with Gasteiger partial charge in [0.05, 0.1) is 12.2 Å². The van der Waals surface area contributed by atoms with Crippen LogP contribution >= 0.6 is 0 Å². The molecule has 0 atom stereocenters. The summed E-state index contributed by atoms with van der Waals surface area (Å²) in [6, 6.07) is 14.3. The van der Waals surface area contributed by atoms with Crippen LogP contribution in [0, 0.1) is 0 Å². The molecule has 2 aromatic rings. The number of nitrogens with two attached hydrogens (primary N) is 1. The summed E-state index contributed by atoms with van der Waals surface area (Å²) in [4.78, 5) is 6.56. The Bertz CT molecular complexity index is 451. The molecule has 0 radical (unpaired) electrons. The van der Waals surface area contributed by atoms with Crippen LogP contribution in [0.5, 0.6) is 0 Å². The largest absolute Gasteiger partial charge is 0.369 e. The van der Waals surface area contributed by atoms with E-state index < -0.39 is 0 Å². The highest BCUT2D eigenvalue weighted by Crippen LogP contribution is 2.13. The smallest absolute Gasteiger partial charge is 0.0598 e. The van der Waals surface area contributed by atoms with Crippen LogP contribution < -0.4 is 10.6 Å². The predicted molar refractivity (Wildman–Crippen MR) is 70.7 cm³/mol. The number of nitrogens with zero attached hydrogens (tertiary/aromatic N) is 2. The van der Waals surface area contributed by atoms with E-state index in [1.807, 2.05) is 36.5 Å². The van der Waals surface area contributed by atoms with Gasteiger partial charge < -0.3 is 10.6 Å². The molecule has 2 N–H and O–H groups in total. The van der Waals surface area contributed by atoms with Crippen LogP contribution in [0.3, 0.4) is 0 Å². The Morgan fingerprint density at radius 3 is 2.47 bits per heavy atom. The van der Waals surface area contributed by atoms with Gasteiger partial charge in [-0.1, -0.05) is 24.3 Å². The molecule has 3 nitrogen and oxygen atoms in total. The number of hydrogen-bond acceptors (Lipinski definition) is 3. The van der Waals surface area contributed by atoms with Crippen molar-refractivity contribution in [3.05, 3.63) is 59.9 Å². The van der Waals surface area contributed by atoms with Crippen LogP contribution in [0.25, 0.3) is 0 Å². The van der Waals surface area contributed by atoms with Gasteiger partial charge in [-0.3, -0.25) is 4.98 Å². The molecule has 0 saturated heterocycles. The molecule has 0 saturated carbocycles. The number of benzene rings is 1. The summed E-state index contributed by atoms with van der Waals surface area (Å²) in [5, 5.41) is 0. The SMILES string of the molecule is CN(Cc1ccc(CN)cn1)c1ccccc1. The lowest BCUT2D eigenvalue weighted by Gasteiger charge is -2.18. The van der Waals surface area contributed by atoms with Crippen molar-refractivity contribution in [2.75, 3.05) is 11.9 Å². The minimum absolute atomic E-state index is 0.543. The maximum atomic E-state index is 5.54. The molecule has 0 fully saturated rings. The summed E-state index contributed by atoms with van der Waals surface area (Å²) < 4.78 is 0. The first kappa shape index (κ1) is 11.6. The topological polar surface area (TPSA) is 42.1 Å². The quantitative estimate of drug-likeness (QED) is 0.870. The Morgan fingerprint density at radius 2 is 1.88 bits per heavy atom. The van der Waals surface area contributed by atoms with E-state index in [-0.39, 0.29) is 0 Å². The third kappa shape index (κ3) is 3.04. The van der Waals surface area contributed by atoms with Crippen molar-refractivity contribution in [3.8, 4) is 0 Å². The van der Waals surface area contributed by atoms with Crippen LogP contribution in [0.2, 0.25) is 0 Å². The van der Waals surface area contributed by atoms with Crippen LogP contribution in [0.1, 0.15) is 11.3 Å². The zero-order valence-electron chi connectivity index (χ0n) is 10.0. The summed E-state index contributed by atoms with van der Waals surface area (Å²) in [5.41, 5.74) is 8.85. The third-order valence-corrected chi connectivity index (χ3v) is 2.72. The average Bonchev–Trinajstić information content (AvgIpc) is 2.40. The van der Waals surface area contributed by atoms with Gasteiger partial charge in [-0.25, -0.2) is 0 Å². The Hall–Kier alpha value is -1.87. The number of aromatic nitrogens is 1. The molecule has 2 rings (SSSR count). The second-order valence-electron chi connectivity index (χ2n) is 4.05. The zero-order valence-corrected chi connectivity index (χ0v) is 10.0. The minimum atomic E-state index is 0.543. The molecular formula is C14H17N3. The highest BCUT2D eigenvalue weighted by Gasteiger charge is 2.02. The van der Waals surface area contributed by atoms with Crippen molar-refractivity contribution >= 4 is 5.69 Å². The maximum absolute atomic E-state index is 5.54. The minimum Gasteiger partial charge on any atom is -0.369 e. The highest BCUT2D eigenvalue weighted by molar-refractivity contribution is 5.45. The van der Waals surface area contributed by atoms with Crippen LogP contribution in [-0.2, 0) is 13.1 Å². The summed E-state index contributed by atoms with van der Waals surface area (Å²) in [6.07, 6.45) is 1.84. The molecule has 0 aliphatic carbocycles. The molecule has 1 aromatic heterocycles. The molecule has 0 spiro atoms. The molecule has 0 aliphatic rings. The first-order chi connectivity index (χ1) is 8.29. The summed E-state index contributed by atoms with van der Waals surface area (Å²) in [5.74, 6) is 0. The van der Waals surface area contributed by atoms with E-state index >= 15 is 0 Å². The first-order valence-electron chi connectivity index (χ1n) is 5.69. The third-order valence-electron chi connectivity index (χ3n) is 2.72. The second kappa shape index (κ2) is 5.46. The number of anilines is 1. The summed E-state index contributed by atoms with van der Waals surface area (Å²) >= 11 is 0. The lowest BCUT2D eigenvalue weighted by Crippen LogP contribution is -2.17. The normalized spacial score (nSPS) is 10.2.